The Morgan fingerprint density at radius 1 is 0.697 bits per heavy atom. The summed E-state index contributed by atoms with van der Waals surface area (Å²) in [7, 11) is 0. The molecule has 17 nitrogen and oxygen atoms in total. The van der Waals surface area contributed by atoms with E-state index in [1.165, 1.54) is 60.1 Å². The minimum atomic E-state index is -1.81. The van der Waals surface area contributed by atoms with Gasteiger partial charge >= 0.3 is 29.8 Å². The van der Waals surface area contributed by atoms with Crippen LogP contribution in [0.5, 0.6) is 11.6 Å². The average molecular weight is 927 g/mol. The summed E-state index contributed by atoms with van der Waals surface area (Å²) in [6.07, 6.45) is -5.95. The van der Waals surface area contributed by atoms with Crippen molar-refractivity contribution in [3.8, 4) is 11.6 Å². The van der Waals surface area contributed by atoms with E-state index < -0.39 is 115 Å². The Balaban J connectivity index is 1.93. The molecular weight excluding hydrogens is 853 g/mol. The summed E-state index contributed by atoms with van der Waals surface area (Å²) in [5, 5.41) is 5.14. The first-order valence-corrected chi connectivity index (χ1v) is 21.8. The molecule has 3 heterocycles. The zero-order valence-electron chi connectivity index (χ0n) is 44.1. The molecule has 0 spiro atoms. The second-order valence-corrected chi connectivity index (χ2v) is 20.5. The van der Waals surface area contributed by atoms with Gasteiger partial charge in [-0.3, -0.25) is 28.8 Å². The van der Waals surface area contributed by atoms with Crippen molar-refractivity contribution in [3.63, 3.8) is 0 Å². The maximum atomic E-state index is 14.1. The van der Waals surface area contributed by atoms with Crippen LogP contribution in [-0.2, 0) is 71.8 Å². The van der Waals surface area contributed by atoms with Gasteiger partial charge in [-0.2, -0.15) is 0 Å². The summed E-state index contributed by atoms with van der Waals surface area (Å²) in [6.45, 7) is 14.8. The lowest BCUT2D eigenvalue weighted by molar-refractivity contribution is -0.294. The van der Waals surface area contributed by atoms with Crippen LogP contribution in [0.3, 0.4) is 0 Å². The Hall–Kier alpha value is -5.58. The van der Waals surface area contributed by atoms with Crippen molar-refractivity contribution in [2.45, 2.75) is 167 Å². The molecule has 4 rings (SSSR count). The Bertz CT molecular complexity index is 2350. The SMILES string of the molecule is [2H]CC(C)(C)C(=O)OC[C@H]1OC(Oc2nn(CCCC(N)=O)c3nccc(CCc4ccc(OC(=O)C(C)(C)C)cc4)c23)[C@H](OC(=O)C(C)(C)C[2H])[C@@H](OC(=O)C(C)(C)C[2H])[C@@H]1OC(=O)C(C)(C)C[2H]. The molecule has 0 saturated carbocycles. The monoisotopic (exact) mass is 927 g/mol. The first-order chi connectivity index (χ1) is 32.5. The zero-order valence-corrected chi connectivity index (χ0v) is 40.1. The van der Waals surface area contributed by atoms with Crippen LogP contribution in [0.4, 0.5) is 0 Å². The van der Waals surface area contributed by atoms with Crippen molar-refractivity contribution in [3.05, 3.63) is 47.7 Å². The minimum absolute atomic E-state index is 0.0180. The maximum Gasteiger partial charge on any atom is 0.316 e. The van der Waals surface area contributed by atoms with Gasteiger partial charge < -0.3 is 38.9 Å². The molecule has 0 aliphatic carbocycles. The summed E-state index contributed by atoms with van der Waals surface area (Å²) in [5.41, 5.74) is 1.03. The number of carbonyl (C=O) groups excluding carboxylic acids is 6. The highest BCUT2D eigenvalue weighted by atomic mass is 16.7. The molecule has 364 valence electrons. The number of aromatic nitrogens is 3. The standard InChI is InChI=1S/C49H70N4O13/c1-45(2,3)40(55)60-27-31-34(63-42(57)47(7,8)9)35(64-43(58)48(10,11)12)36(65-44(59)49(13,14)15)39(62-31)66-38-33-29(24-25-51-37(33)53(52-38)26-16-17-32(50)54)21-18-28-19-22-30(23-20-28)61-41(56)46(4,5)6/h19-20,22-25,31,34-36,39H,16-18,21,26-27H2,1-15H3,(H2,50,54)/t31-,34-,35+,36-,39?/m1/s1/i1D,7D,10D,13D. The number of amides is 1. The molecule has 17 heteroatoms. The lowest BCUT2D eigenvalue weighted by Crippen LogP contribution is -2.65. The molecule has 1 fully saturated rings. The van der Waals surface area contributed by atoms with Gasteiger partial charge in [0, 0.05) is 24.6 Å². The highest BCUT2D eigenvalue weighted by Gasteiger charge is 2.56. The maximum absolute atomic E-state index is 14.1. The van der Waals surface area contributed by atoms with Gasteiger partial charge in [0.05, 0.1) is 32.5 Å². The normalized spacial score (nSPS) is 20.2. The molecule has 1 aromatic carbocycles. The van der Waals surface area contributed by atoms with E-state index in [1.54, 1.807) is 45.2 Å². The van der Waals surface area contributed by atoms with Gasteiger partial charge in [-0.15, -0.1) is 5.10 Å². The third-order valence-electron chi connectivity index (χ3n) is 10.0. The fraction of sp³-hybridized carbons (Fsp3) is 0.633. The van der Waals surface area contributed by atoms with Crippen LogP contribution in [0.15, 0.2) is 36.5 Å². The van der Waals surface area contributed by atoms with Crippen molar-refractivity contribution >= 4 is 46.8 Å². The Labute approximate surface area is 393 Å². The largest absolute Gasteiger partial charge is 0.462 e. The third-order valence-corrected chi connectivity index (χ3v) is 10.0. The van der Waals surface area contributed by atoms with E-state index in [0.717, 1.165) is 5.56 Å². The highest BCUT2D eigenvalue weighted by molar-refractivity contribution is 5.85. The summed E-state index contributed by atoms with van der Waals surface area (Å²) in [6, 6.07) is 8.82. The molecule has 0 bridgehead atoms. The molecule has 1 amide bonds. The number of benzene rings is 1. The lowest BCUT2D eigenvalue weighted by atomic mass is 9.93. The van der Waals surface area contributed by atoms with Crippen LogP contribution in [-0.4, -0.2) is 87.8 Å². The molecule has 2 aromatic heterocycles. The Kier molecular flexibility index (Phi) is 14.6. The second kappa shape index (κ2) is 20.5. The number of nitrogens with two attached hydrogens (primary N) is 1. The summed E-state index contributed by atoms with van der Waals surface area (Å²) < 4.78 is 76.6. The molecule has 2 N–H and O–H groups in total. The number of fused-ring (bicyclic) bond motifs is 1. The number of carbonyl (C=O) groups is 6. The zero-order chi connectivity index (χ0) is 52.6. The van der Waals surface area contributed by atoms with E-state index in [4.69, 9.17) is 49.5 Å². The number of pyridine rings is 1. The summed E-state index contributed by atoms with van der Waals surface area (Å²) in [4.78, 5) is 84.3. The van der Waals surface area contributed by atoms with E-state index in [0.29, 0.717) is 35.2 Å². The highest BCUT2D eigenvalue weighted by Crippen LogP contribution is 2.37. The quantitative estimate of drug-likeness (QED) is 0.0920. The lowest BCUT2D eigenvalue weighted by Gasteiger charge is -2.45. The van der Waals surface area contributed by atoms with Crippen LogP contribution in [0.2, 0.25) is 0 Å². The fourth-order valence-corrected chi connectivity index (χ4v) is 6.06. The van der Waals surface area contributed by atoms with Gasteiger partial charge in [0.1, 0.15) is 18.5 Å². The molecule has 1 saturated heterocycles. The summed E-state index contributed by atoms with van der Waals surface area (Å²) >= 11 is 0. The van der Waals surface area contributed by atoms with Crippen LogP contribution in [0, 0.1) is 27.1 Å². The second-order valence-electron chi connectivity index (χ2n) is 20.5. The number of primary amides is 1. The molecule has 66 heavy (non-hydrogen) atoms. The topological polar surface area (TPSA) is 224 Å². The fourth-order valence-electron chi connectivity index (χ4n) is 6.06. The van der Waals surface area contributed by atoms with Crippen LogP contribution in [0.1, 0.15) is 133 Å². The van der Waals surface area contributed by atoms with E-state index >= 15 is 0 Å². The van der Waals surface area contributed by atoms with Gasteiger partial charge in [-0.05, 0) is 152 Å². The molecule has 0 radical (unpaired) electrons. The van der Waals surface area contributed by atoms with Crippen molar-refractivity contribution in [2.75, 3.05) is 6.61 Å². The number of hydrogen-bond acceptors (Lipinski definition) is 15. The molecule has 3 aromatic rings. The molecule has 5 atom stereocenters. The predicted octanol–water partition coefficient (Wildman–Crippen LogP) is 7.00. The van der Waals surface area contributed by atoms with Gasteiger partial charge in [0.25, 0.3) is 0 Å². The Morgan fingerprint density at radius 3 is 1.79 bits per heavy atom. The van der Waals surface area contributed by atoms with Crippen molar-refractivity contribution in [2.24, 2.45) is 32.8 Å². The van der Waals surface area contributed by atoms with Crippen LogP contribution < -0.4 is 15.2 Å². The van der Waals surface area contributed by atoms with Gasteiger partial charge in [0.2, 0.25) is 24.2 Å². The van der Waals surface area contributed by atoms with E-state index in [9.17, 15) is 28.8 Å². The minimum Gasteiger partial charge on any atom is -0.462 e. The molecule has 1 aliphatic rings. The van der Waals surface area contributed by atoms with E-state index in [2.05, 4.69) is 4.98 Å². The number of hydrogen-bond donors (Lipinski definition) is 1. The average Bonchev–Trinajstić information content (AvgIpc) is 3.65. The molecule has 1 aliphatic heterocycles. The van der Waals surface area contributed by atoms with Crippen LogP contribution in [0.25, 0.3) is 11.0 Å². The van der Waals surface area contributed by atoms with E-state index in [-0.39, 0.29) is 38.1 Å². The number of nitrogens with zero attached hydrogens (tertiary/aromatic N) is 3. The molecule has 1 unspecified atom stereocenters. The smallest absolute Gasteiger partial charge is 0.316 e. The van der Waals surface area contributed by atoms with Crippen molar-refractivity contribution in [1.29, 1.82) is 0 Å². The van der Waals surface area contributed by atoms with Crippen molar-refractivity contribution in [1.82, 2.24) is 14.8 Å². The third kappa shape index (κ3) is 14.2. The van der Waals surface area contributed by atoms with Gasteiger partial charge in [0.15, 0.2) is 17.9 Å². The summed E-state index contributed by atoms with van der Waals surface area (Å²) in [5.74, 6) is -4.31. The number of esters is 5. The van der Waals surface area contributed by atoms with Gasteiger partial charge in [-0.25, -0.2) is 9.67 Å². The van der Waals surface area contributed by atoms with Gasteiger partial charge in [-0.1, -0.05) is 12.1 Å². The van der Waals surface area contributed by atoms with Crippen molar-refractivity contribution < 1.29 is 67.4 Å². The van der Waals surface area contributed by atoms with Crippen LogP contribution >= 0.6 is 0 Å². The first kappa shape index (κ1) is 46.9. The predicted molar refractivity (Wildman–Crippen MR) is 243 cm³/mol. The number of aryl methyl sites for hydroxylation is 3. The number of ether oxygens (including phenoxy) is 7. The van der Waals surface area contributed by atoms with E-state index in [1.807, 2.05) is 12.1 Å². The Morgan fingerprint density at radius 2 is 1.24 bits per heavy atom. The first-order valence-electron chi connectivity index (χ1n) is 24.6. The number of rotatable bonds is 15. The molecular formula is C49H70N4O13.